The molecule has 2 nitrogen and oxygen atoms in total. The van der Waals surface area contributed by atoms with E-state index >= 15 is 0 Å². The number of hydrogen-bond acceptors (Lipinski definition) is 2. The minimum absolute atomic E-state index is 0.185. The lowest BCUT2D eigenvalue weighted by atomic mass is 9.82. The van der Waals surface area contributed by atoms with Gasteiger partial charge in [0.2, 0.25) is 0 Å². The van der Waals surface area contributed by atoms with Crippen LogP contribution in [0.1, 0.15) is 55.7 Å². The van der Waals surface area contributed by atoms with Gasteiger partial charge in [-0.3, -0.25) is 0 Å². The van der Waals surface area contributed by atoms with E-state index in [1.54, 1.807) is 18.2 Å². The molecule has 0 aromatic heterocycles. The van der Waals surface area contributed by atoms with E-state index in [1.807, 2.05) is 37.3 Å². The van der Waals surface area contributed by atoms with Crippen LogP contribution < -0.4 is 0 Å². The largest absolute Gasteiger partial charge is 0.505 e. The Morgan fingerprint density at radius 3 is 2.31 bits per heavy atom. The number of rotatable bonds is 8. The molecule has 0 fully saturated rings. The molecule has 0 radical (unpaired) electrons. The Morgan fingerprint density at radius 2 is 1.66 bits per heavy atom. The molecule has 1 aliphatic rings. The van der Waals surface area contributed by atoms with Crippen molar-refractivity contribution < 1.29 is 23.4 Å². The van der Waals surface area contributed by atoms with Crippen molar-refractivity contribution in [3.05, 3.63) is 94.8 Å². The highest BCUT2D eigenvalue weighted by Gasteiger charge is 2.24. The van der Waals surface area contributed by atoms with Crippen molar-refractivity contribution in [1.29, 1.82) is 0 Å². The first-order valence-electron chi connectivity index (χ1n) is 12.3. The normalized spacial score (nSPS) is 16.7. The zero-order valence-electron chi connectivity index (χ0n) is 19.9. The van der Waals surface area contributed by atoms with Crippen molar-refractivity contribution in [2.24, 2.45) is 5.92 Å². The van der Waals surface area contributed by atoms with Crippen LogP contribution in [0.5, 0.6) is 5.75 Å². The predicted molar refractivity (Wildman–Crippen MR) is 133 cm³/mol. The Kier molecular flexibility index (Phi) is 7.97. The molecule has 35 heavy (non-hydrogen) atoms. The fourth-order valence-electron chi connectivity index (χ4n) is 4.84. The molecule has 0 bridgehead atoms. The molecule has 0 amide bonds. The summed E-state index contributed by atoms with van der Waals surface area (Å²) in [5, 5.41) is 19.6. The van der Waals surface area contributed by atoms with Gasteiger partial charge in [-0.15, -0.1) is 0 Å². The van der Waals surface area contributed by atoms with Gasteiger partial charge in [-0.25, -0.2) is 13.2 Å². The van der Waals surface area contributed by atoms with Crippen molar-refractivity contribution in [3.63, 3.8) is 0 Å². The lowest BCUT2D eigenvalue weighted by Crippen LogP contribution is -2.22. The zero-order valence-corrected chi connectivity index (χ0v) is 19.9. The molecule has 0 saturated heterocycles. The van der Waals surface area contributed by atoms with Gasteiger partial charge in [0.05, 0.1) is 6.10 Å². The van der Waals surface area contributed by atoms with Gasteiger partial charge in [0.1, 0.15) is 0 Å². The van der Waals surface area contributed by atoms with E-state index in [4.69, 9.17) is 0 Å². The van der Waals surface area contributed by atoms with Crippen LogP contribution in [0.15, 0.2) is 60.7 Å². The van der Waals surface area contributed by atoms with E-state index in [0.717, 1.165) is 36.0 Å². The Bertz CT molecular complexity index is 1200. The number of aromatic hydroxyl groups is 1. The van der Waals surface area contributed by atoms with Crippen molar-refractivity contribution in [2.45, 2.75) is 58.0 Å². The van der Waals surface area contributed by atoms with E-state index in [2.05, 4.69) is 0 Å². The van der Waals surface area contributed by atoms with E-state index in [-0.39, 0.29) is 17.8 Å². The summed E-state index contributed by atoms with van der Waals surface area (Å²) in [6.07, 6.45) is 6.32. The lowest BCUT2D eigenvalue weighted by Gasteiger charge is -2.26. The monoisotopic (exact) mass is 480 g/mol. The molecular formula is C30H31F3O2. The highest BCUT2D eigenvalue weighted by Crippen LogP contribution is 2.35. The van der Waals surface area contributed by atoms with Crippen LogP contribution in [0.25, 0.3) is 16.7 Å². The maximum absolute atomic E-state index is 14.9. The summed E-state index contributed by atoms with van der Waals surface area (Å²) in [6, 6.07) is 15.0. The maximum atomic E-state index is 14.9. The second-order valence-electron chi connectivity index (χ2n) is 9.38. The standard InChI is InChI=1S/C30H31F3O2/c1-2-3-27(34)22-12-10-21(11-13-22)25-16-14-23(29(32)30(25)33)9-6-19-4-7-20(8-5-19)24-15-17-28(35)26(31)18-24/h4-5,7-8,10,14-18,22,27,34-35H,2-3,6,9,11-13H2,1H3. The fourth-order valence-corrected chi connectivity index (χ4v) is 4.84. The average molecular weight is 481 g/mol. The van der Waals surface area contributed by atoms with Crippen LogP contribution in [0.2, 0.25) is 0 Å². The molecule has 0 spiro atoms. The molecular weight excluding hydrogens is 449 g/mol. The number of benzene rings is 3. The van der Waals surface area contributed by atoms with Crippen molar-refractivity contribution in [3.8, 4) is 16.9 Å². The summed E-state index contributed by atoms with van der Waals surface area (Å²) in [4.78, 5) is 0. The first-order valence-corrected chi connectivity index (χ1v) is 12.3. The van der Waals surface area contributed by atoms with Gasteiger partial charge in [-0.05, 0) is 84.4 Å². The molecule has 0 saturated carbocycles. The van der Waals surface area contributed by atoms with Crippen LogP contribution in [-0.4, -0.2) is 16.3 Å². The minimum atomic E-state index is -0.800. The van der Waals surface area contributed by atoms with Crippen LogP contribution in [0.3, 0.4) is 0 Å². The number of phenols is 1. The van der Waals surface area contributed by atoms with E-state index in [1.165, 1.54) is 12.1 Å². The molecule has 2 N–H and O–H groups in total. The highest BCUT2D eigenvalue weighted by molar-refractivity contribution is 5.67. The minimum Gasteiger partial charge on any atom is -0.505 e. The molecule has 2 atom stereocenters. The van der Waals surface area contributed by atoms with Gasteiger partial charge >= 0.3 is 0 Å². The molecule has 3 aromatic carbocycles. The maximum Gasteiger partial charge on any atom is 0.166 e. The van der Waals surface area contributed by atoms with Gasteiger partial charge in [0, 0.05) is 5.56 Å². The number of allylic oxidation sites excluding steroid dienone is 2. The molecule has 0 heterocycles. The molecule has 2 unspecified atom stereocenters. The number of aliphatic hydroxyl groups excluding tert-OH is 1. The smallest absolute Gasteiger partial charge is 0.166 e. The number of phenolic OH excluding ortho intramolecular Hbond substituents is 1. The summed E-state index contributed by atoms with van der Waals surface area (Å²) in [6.45, 7) is 2.04. The lowest BCUT2D eigenvalue weighted by molar-refractivity contribution is 0.0934. The van der Waals surface area contributed by atoms with Crippen LogP contribution in [0, 0.1) is 23.4 Å². The number of halogens is 3. The second kappa shape index (κ2) is 11.1. The van der Waals surface area contributed by atoms with Gasteiger partial charge in [-0.2, -0.15) is 0 Å². The highest BCUT2D eigenvalue weighted by atomic mass is 19.2. The Labute approximate surface area is 204 Å². The summed E-state index contributed by atoms with van der Waals surface area (Å²) in [7, 11) is 0. The Morgan fingerprint density at radius 1 is 0.914 bits per heavy atom. The third-order valence-corrected chi connectivity index (χ3v) is 7.01. The molecule has 1 aliphatic carbocycles. The molecule has 5 heteroatoms. The molecule has 0 aliphatic heterocycles. The SMILES string of the molecule is CCCC(O)C1CC=C(c2ccc(CCc3ccc(-c4ccc(O)c(F)c4)cc3)c(F)c2F)CC1. The van der Waals surface area contributed by atoms with Gasteiger partial charge in [0.15, 0.2) is 23.2 Å². The van der Waals surface area contributed by atoms with E-state index in [0.29, 0.717) is 42.4 Å². The molecule has 3 aromatic rings. The first-order chi connectivity index (χ1) is 16.9. The number of aryl methyl sites for hydroxylation is 2. The topological polar surface area (TPSA) is 40.5 Å². The number of aliphatic hydroxyl groups is 1. The summed E-state index contributed by atoms with van der Waals surface area (Å²) in [5.74, 6) is -2.48. The predicted octanol–water partition coefficient (Wildman–Crippen LogP) is 7.61. The number of hydrogen-bond donors (Lipinski definition) is 2. The third-order valence-electron chi connectivity index (χ3n) is 7.01. The summed E-state index contributed by atoms with van der Waals surface area (Å²) < 4.78 is 43.4. The first kappa shape index (κ1) is 25.1. The van der Waals surface area contributed by atoms with Gasteiger partial charge < -0.3 is 10.2 Å². The fraction of sp³-hybridized carbons (Fsp3) is 0.333. The van der Waals surface area contributed by atoms with Gasteiger partial charge in [-0.1, -0.05) is 61.9 Å². The van der Waals surface area contributed by atoms with Crippen LogP contribution in [-0.2, 0) is 12.8 Å². The third kappa shape index (κ3) is 5.79. The summed E-state index contributed by atoms with van der Waals surface area (Å²) >= 11 is 0. The summed E-state index contributed by atoms with van der Waals surface area (Å²) in [5.41, 5.74) is 3.89. The van der Waals surface area contributed by atoms with Crippen molar-refractivity contribution >= 4 is 5.57 Å². The Balaban J connectivity index is 1.41. The van der Waals surface area contributed by atoms with Crippen LogP contribution in [0.4, 0.5) is 13.2 Å². The van der Waals surface area contributed by atoms with Crippen LogP contribution >= 0.6 is 0 Å². The Hall–Kier alpha value is -3.05. The average Bonchev–Trinajstić information content (AvgIpc) is 2.87. The molecule has 184 valence electrons. The second-order valence-corrected chi connectivity index (χ2v) is 9.38. The van der Waals surface area contributed by atoms with E-state index < -0.39 is 17.5 Å². The van der Waals surface area contributed by atoms with E-state index in [9.17, 15) is 23.4 Å². The van der Waals surface area contributed by atoms with Gasteiger partial charge in [0.25, 0.3) is 0 Å². The quantitative estimate of drug-likeness (QED) is 0.348. The molecule has 4 rings (SSSR count). The zero-order chi connectivity index (χ0) is 24.9. The van der Waals surface area contributed by atoms with Crippen molar-refractivity contribution in [1.82, 2.24) is 0 Å². The van der Waals surface area contributed by atoms with Crippen molar-refractivity contribution in [2.75, 3.05) is 0 Å².